The van der Waals surface area contributed by atoms with Gasteiger partial charge in [0.25, 0.3) is 0 Å². The summed E-state index contributed by atoms with van der Waals surface area (Å²) in [5, 5.41) is 3.03. The molecule has 39 heavy (non-hydrogen) atoms. The highest BCUT2D eigenvalue weighted by atomic mass is 79.9. The first-order valence-corrected chi connectivity index (χ1v) is 13.5. The molecule has 1 amide bonds. The van der Waals surface area contributed by atoms with Crippen LogP contribution in [-0.2, 0) is 10.2 Å². The predicted octanol–water partition coefficient (Wildman–Crippen LogP) is 5.83. The number of benzene rings is 3. The van der Waals surface area contributed by atoms with Crippen molar-refractivity contribution in [2.75, 3.05) is 5.32 Å². The van der Waals surface area contributed by atoms with Crippen LogP contribution < -0.4 is 5.32 Å². The SMILES string of the molecule is O=C(c1cccnc1)[C@@H]1[C@H]2c3ccccc3C=CN2[C@H](C(=O)c2ccc(Br)cc2)[C@]12C(=O)Nc1ccccc12. The molecule has 4 aromatic rings. The standard InChI is InChI=1S/C32H22BrN3O3/c33-22-13-11-20(12-14-22)29(38)30-32(24-9-3-4-10-25(24)35-31(32)39)26(28(37)21-7-5-16-34-18-21)27-23-8-2-1-6-19(23)15-17-36(27)30/h1-18,26-27,30H,(H,35,39)/t26-,27+,30+,32+/m0/s1. The maximum absolute atomic E-state index is 14.6. The van der Waals surface area contributed by atoms with Crippen LogP contribution in [0.3, 0.4) is 0 Å². The summed E-state index contributed by atoms with van der Waals surface area (Å²) >= 11 is 3.45. The molecule has 1 N–H and O–H groups in total. The molecule has 0 saturated carbocycles. The zero-order valence-corrected chi connectivity index (χ0v) is 22.2. The Hall–Kier alpha value is -4.36. The van der Waals surface area contributed by atoms with Gasteiger partial charge in [-0.15, -0.1) is 0 Å². The Morgan fingerprint density at radius 3 is 2.44 bits per heavy atom. The molecule has 6 nitrogen and oxygen atoms in total. The van der Waals surface area contributed by atoms with Gasteiger partial charge in [0.15, 0.2) is 11.6 Å². The van der Waals surface area contributed by atoms with Crippen LogP contribution in [-0.4, -0.2) is 33.4 Å². The quantitative estimate of drug-likeness (QED) is 0.310. The second-order valence-corrected chi connectivity index (χ2v) is 11.0. The minimum Gasteiger partial charge on any atom is -0.358 e. The summed E-state index contributed by atoms with van der Waals surface area (Å²) in [7, 11) is 0. The number of carbonyl (C=O) groups excluding carboxylic acids is 3. The average Bonchev–Trinajstić information content (AvgIpc) is 3.45. The van der Waals surface area contributed by atoms with Crippen LogP contribution in [0.1, 0.15) is 43.4 Å². The molecule has 1 saturated heterocycles. The van der Waals surface area contributed by atoms with Crippen LogP contribution in [0.25, 0.3) is 6.08 Å². The number of amides is 1. The Morgan fingerprint density at radius 1 is 0.872 bits per heavy atom. The predicted molar refractivity (Wildman–Crippen MR) is 151 cm³/mol. The highest BCUT2D eigenvalue weighted by Crippen LogP contribution is 2.61. The molecule has 0 radical (unpaired) electrons. The number of para-hydroxylation sites is 1. The molecule has 0 aliphatic carbocycles. The topological polar surface area (TPSA) is 79.4 Å². The molecule has 7 rings (SSSR count). The van der Waals surface area contributed by atoms with Crippen molar-refractivity contribution in [3.05, 3.63) is 136 Å². The fourth-order valence-electron chi connectivity index (χ4n) is 6.64. The van der Waals surface area contributed by atoms with E-state index in [4.69, 9.17) is 0 Å². The lowest BCUT2D eigenvalue weighted by Crippen LogP contribution is -2.54. The normalized spacial score (nSPS) is 24.2. The summed E-state index contributed by atoms with van der Waals surface area (Å²) in [6.07, 6.45) is 6.98. The van der Waals surface area contributed by atoms with Gasteiger partial charge in [-0.3, -0.25) is 19.4 Å². The monoisotopic (exact) mass is 575 g/mol. The van der Waals surface area contributed by atoms with E-state index in [0.29, 0.717) is 22.4 Å². The van der Waals surface area contributed by atoms with E-state index < -0.39 is 23.4 Å². The van der Waals surface area contributed by atoms with Gasteiger partial charge in [-0.25, -0.2) is 0 Å². The van der Waals surface area contributed by atoms with E-state index in [1.807, 2.05) is 77.8 Å². The summed E-state index contributed by atoms with van der Waals surface area (Å²) in [6.45, 7) is 0. The van der Waals surface area contributed by atoms with E-state index in [1.54, 1.807) is 30.5 Å². The van der Waals surface area contributed by atoms with Gasteiger partial charge in [0.2, 0.25) is 5.91 Å². The van der Waals surface area contributed by atoms with Gasteiger partial charge >= 0.3 is 0 Å². The number of nitrogens with one attached hydrogen (secondary N) is 1. The summed E-state index contributed by atoms with van der Waals surface area (Å²) in [6, 6.07) is 24.3. The zero-order chi connectivity index (χ0) is 26.7. The van der Waals surface area contributed by atoms with Crippen molar-refractivity contribution in [2.24, 2.45) is 5.92 Å². The van der Waals surface area contributed by atoms with Gasteiger partial charge in [0.05, 0.1) is 12.0 Å². The molecule has 190 valence electrons. The minimum atomic E-state index is -1.47. The van der Waals surface area contributed by atoms with Gasteiger partial charge in [0, 0.05) is 39.9 Å². The molecule has 1 aromatic heterocycles. The fourth-order valence-corrected chi connectivity index (χ4v) is 6.90. The highest BCUT2D eigenvalue weighted by Gasteiger charge is 2.71. The summed E-state index contributed by atoms with van der Waals surface area (Å²) in [5.41, 5.74) is 2.56. The third-order valence-electron chi connectivity index (χ3n) is 8.20. The molecule has 7 heteroatoms. The van der Waals surface area contributed by atoms with Crippen molar-refractivity contribution >= 4 is 45.2 Å². The Labute approximate surface area is 233 Å². The summed E-state index contributed by atoms with van der Waals surface area (Å²) in [4.78, 5) is 49.6. The fraction of sp³-hybridized carbons (Fsp3) is 0.125. The van der Waals surface area contributed by atoms with Crippen molar-refractivity contribution < 1.29 is 14.4 Å². The van der Waals surface area contributed by atoms with E-state index >= 15 is 0 Å². The van der Waals surface area contributed by atoms with E-state index in [2.05, 4.69) is 26.2 Å². The smallest absolute Gasteiger partial charge is 0.238 e. The van der Waals surface area contributed by atoms with E-state index in [1.165, 1.54) is 6.20 Å². The molecule has 3 aliphatic rings. The largest absolute Gasteiger partial charge is 0.358 e. The number of pyridine rings is 1. The molecule has 1 spiro atoms. The number of Topliss-reactive ketones (excluding diaryl/α,β-unsaturated/α-hetero) is 2. The number of fused-ring (bicyclic) bond motifs is 5. The van der Waals surface area contributed by atoms with Gasteiger partial charge < -0.3 is 10.2 Å². The number of anilines is 1. The lowest BCUT2D eigenvalue weighted by Gasteiger charge is -2.35. The number of carbonyl (C=O) groups is 3. The molecule has 4 atom stereocenters. The van der Waals surface area contributed by atoms with Crippen LogP contribution in [0.4, 0.5) is 5.69 Å². The highest BCUT2D eigenvalue weighted by molar-refractivity contribution is 9.10. The number of rotatable bonds is 4. The van der Waals surface area contributed by atoms with Crippen molar-refractivity contribution in [3.8, 4) is 0 Å². The minimum absolute atomic E-state index is 0.218. The van der Waals surface area contributed by atoms with Crippen molar-refractivity contribution in [1.82, 2.24) is 9.88 Å². The van der Waals surface area contributed by atoms with Gasteiger partial charge in [-0.05, 0) is 53.1 Å². The Kier molecular flexibility index (Phi) is 5.39. The number of nitrogens with zero attached hydrogens (tertiary/aromatic N) is 2. The van der Waals surface area contributed by atoms with Crippen LogP contribution in [0.15, 0.2) is 108 Å². The molecule has 4 heterocycles. The lowest BCUT2D eigenvalue weighted by molar-refractivity contribution is -0.122. The maximum Gasteiger partial charge on any atom is 0.238 e. The summed E-state index contributed by atoms with van der Waals surface area (Å²) in [5.74, 6) is -1.67. The maximum atomic E-state index is 14.6. The molecular weight excluding hydrogens is 554 g/mol. The molecule has 0 unspecified atom stereocenters. The Bertz CT molecular complexity index is 1680. The Balaban J connectivity index is 1.54. The number of hydrogen-bond acceptors (Lipinski definition) is 5. The van der Waals surface area contributed by atoms with Gasteiger partial charge in [-0.1, -0.05) is 70.5 Å². The number of ketones is 2. The number of aromatic nitrogens is 1. The molecular formula is C32H22BrN3O3. The zero-order valence-electron chi connectivity index (χ0n) is 20.6. The first-order valence-electron chi connectivity index (χ1n) is 12.7. The van der Waals surface area contributed by atoms with Gasteiger partial charge in [0.1, 0.15) is 11.5 Å². The number of halogens is 1. The van der Waals surface area contributed by atoms with E-state index in [9.17, 15) is 14.4 Å². The van der Waals surface area contributed by atoms with E-state index in [-0.39, 0.29) is 17.5 Å². The second-order valence-electron chi connectivity index (χ2n) is 10.1. The molecule has 3 aromatic carbocycles. The average molecular weight is 576 g/mol. The van der Waals surface area contributed by atoms with Crippen molar-refractivity contribution in [2.45, 2.75) is 17.5 Å². The van der Waals surface area contributed by atoms with Crippen LogP contribution >= 0.6 is 15.9 Å². The number of hydrogen-bond donors (Lipinski definition) is 1. The Morgan fingerprint density at radius 2 is 1.64 bits per heavy atom. The summed E-state index contributed by atoms with van der Waals surface area (Å²) < 4.78 is 0.846. The third-order valence-corrected chi connectivity index (χ3v) is 8.73. The molecule has 1 fully saturated rings. The van der Waals surface area contributed by atoms with Crippen LogP contribution in [0, 0.1) is 5.92 Å². The van der Waals surface area contributed by atoms with Crippen LogP contribution in [0.5, 0.6) is 0 Å². The van der Waals surface area contributed by atoms with Crippen molar-refractivity contribution in [3.63, 3.8) is 0 Å². The second kappa shape index (κ2) is 8.85. The molecule has 0 bridgehead atoms. The van der Waals surface area contributed by atoms with Gasteiger partial charge in [-0.2, -0.15) is 0 Å². The lowest BCUT2D eigenvalue weighted by atomic mass is 9.63. The first kappa shape index (κ1) is 23.7. The molecule has 3 aliphatic heterocycles. The van der Waals surface area contributed by atoms with Crippen LogP contribution in [0.2, 0.25) is 0 Å². The van der Waals surface area contributed by atoms with E-state index in [0.717, 1.165) is 15.6 Å². The first-order chi connectivity index (χ1) is 19.0. The van der Waals surface area contributed by atoms with Crippen molar-refractivity contribution in [1.29, 1.82) is 0 Å². The third kappa shape index (κ3) is 3.32.